The number of amides is 1. The van der Waals surface area contributed by atoms with Crippen molar-refractivity contribution >= 4 is 34.1 Å². The Hall–Kier alpha value is -3.61. The predicted molar refractivity (Wildman–Crippen MR) is 110 cm³/mol. The number of fused-ring (bicyclic) bond motifs is 2. The Morgan fingerprint density at radius 2 is 1.96 bits per heavy atom. The average Bonchev–Trinajstić information content (AvgIpc) is 3.16. The molecule has 0 aliphatic rings. The zero-order valence-corrected chi connectivity index (χ0v) is 16.0. The van der Waals surface area contributed by atoms with E-state index in [1.807, 2.05) is 25.2 Å². The van der Waals surface area contributed by atoms with Gasteiger partial charge in [-0.3, -0.25) is 14.3 Å². The molecule has 0 unspecified atom stereocenters. The summed E-state index contributed by atoms with van der Waals surface area (Å²) in [6.45, 7) is 0.512. The molecule has 7 heteroatoms. The highest BCUT2D eigenvalue weighted by molar-refractivity contribution is 5.92. The third-order valence-corrected chi connectivity index (χ3v) is 5.02. The number of aromatic amines is 1. The van der Waals surface area contributed by atoms with Gasteiger partial charge in [-0.2, -0.15) is 0 Å². The summed E-state index contributed by atoms with van der Waals surface area (Å²) >= 11 is 0. The number of pyridine rings is 1. The summed E-state index contributed by atoms with van der Waals surface area (Å²) in [6, 6.07) is 12.1. The van der Waals surface area contributed by atoms with E-state index in [1.165, 1.54) is 10.6 Å². The summed E-state index contributed by atoms with van der Waals surface area (Å²) < 4.78 is 3.60. The Morgan fingerprint density at radius 1 is 1.18 bits per heavy atom. The summed E-state index contributed by atoms with van der Waals surface area (Å²) in [5, 5.41) is 1.16. The Labute approximate surface area is 161 Å². The summed E-state index contributed by atoms with van der Waals surface area (Å²) in [5.41, 5.74) is 3.98. The summed E-state index contributed by atoms with van der Waals surface area (Å²) in [4.78, 5) is 32.8. The standard InChI is InChI=1S/C21H21N5O2/c1-24(13-16-11-15-6-4-5-7-17(15)25(16)2)19(27)9-8-14-10-18-20(22-12-14)23-21(28)26(18)3/h4-12H,13H2,1-3H3,(H,22,23,28). The number of nitrogens with one attached hydrogen (secondary N) is 1. The second kappa shape index (κ2) is 6.84. The van der Waals surface area contributed by atoms with Gasteiger partial charge in [-0.05, 0) is 35.2 Å². The molecule has 1 amide bonds. The molecule has 3 heterocycles. The minimum Gasteiger partial charge on any atom is -0.346 e. The molecule has 0 bridgehead atoms. The van der Waals surface area contributed by atoms with E-state index in [1.54, 1.807) is 31.3 Å². The first kappa shape index (κ1) is 17.8. The number of benzene rings is 1. The molecule has 0 radical (unpaired) electrons. The number of para-hydroxylation sites is 1. The van der Waals surface area contributed by atoms with Gasteiger partial charge in [0.15, 0.2) is 5.65 Å². The fourth-order valence-corrected chi connectivity index (χ4v) is 3.32. The van der Waals surface area contributed by atoms with Gasteiger partial charge in [0.1, 0.15) is 0 Å². The first-order valence-electron chi connectivity index (χ1n) is 8.95. The molecule has 3 aromatic heterocycles. The molecule has 0 saturated carbocycles. The molecule has 4 aromatic rings. The van der Waals surface area contributed by atoms with Crippen LogP contribution in [0.2, 0.25) is 0 Å². The molecule has 1 N–H and O–H groups in total. The molecule has 28 heavy (non-hydrogen) atoms. The SMILES string of the molecule is CN(Cc1cc2ccccc2n1C)C(=O)C=Cc1cnc2[nH]c(=O)n(C)c2c1. The second-order valence-electron chi connectivity index (χ2n) is 6.91. The smallest absolute Gasteiger partial charge is 0.327 e. The van der Waals surface area contributed by atoms with Gasteiger partial charge in [-0.1, -0.05) is 18.2 Å². The van der Waals surface area contributed by atoms with Crippen LogP contribution in [-0.4, -0.2) is 37.0 Å². The number of rotatable bonds is 4. The van der Waals surface area contributed by atoms with Crippen molar-refractivity contribution < 1.29 is 4.79 Å². The molecule has 4 rings (SSSR count). The van der Waals surface area contributed by atoms with Crippen molar-refractivity contribution in [2.24, 2.45) is 14.1 Å². The molecule has 0 atom stereocenters. The van der Waals surface area contributed by atoms with Crippen molar-refractivity contribution in [2.75, 3.05) is 7.05 Å². The van der Waals surface area contributed by atoms with Gasteiger partial charge in [-0.15, -0.1) is 0 Å². The molecule has 0 aliphatic heterocycles. The fraction of sp³-hybridized carbons (Fsp3) is 0.190. The Balaban J connectivity index is 1.51. The zero-order chi connectivity index (χ0) is 19.8. The van der Waals surface area contributed by atoms with Crippen molar-refractivity contribution in [3.63, 3.8) is 0 Å². The quantitative estimate of drug-likeness (QED) is 0.557. The van der Waals surface area contributed by atoms with Gasteiger partial charge < -0.3 is 9.47 Å². The number of hydrogen-bond acceptors (Lipinski definition) is 3. The van der Waals surface area contributed by atoms with Crippen LogP contribution in [0.15, 0.2) is 53.5 Å². The molecule has 7 nitrogen and oxygen atoms in total. The predicted octanol–water partition coefficient (Wildman–Crippen LogP) is 2.43. The van der Waals surface area contributed by atoms with Crippen molar-refractivity contribution in [3.8, 4) is 0 Å². The minimum atomic E-state index is -0.214. The Bertz CT molecular complexity index is 1280. The van der Waals surface area contributed by atoms with Crippen LogP contribution in [0.3, 0.4) is 0 Å². The van der Waals surface area contributed by atoms with E-state index < -0.39 is 0 Å². The third kappa shape index (κ3) is 3.11. The number of carbonyl (C=O) groups is 1. The van der Waals surface area contributed by atoms with Crippen LogP contribution in [0.25, 0.3) is 28.1 Å². The first-order valence-corrected chi connectivity index (χ1v) is 8.95. The van der Waals surface area contributed by atoms with Crippen LogP contribution >= 0.6 is 0 Å². The highest BCUT2D eigenvalue weighted by Crippen LogP contribution is 2.19. The van der Waals surface area contributed by atoms with E-state index in [4.69, 9.17) is 0 Å². The van der Waals surface area contributed by atoms with E-state index in [2.05, 4.69) is 32.7 Å². The number of hydrogen-bond donors (Lipinski definition) is 1. The van der Waals surface area contributed by atoms with Gasteiger partial charge in [0.2, 0.25) is 5.91 Å². The van der Waals surface area contributed by atoms with E-state index >= 15 is 0 Å². The largest absolute Gasteiger partial charge is 0.346 e. The number of aromatic nitrogens is 4. The molecule has 0 saturated heterocycles. The van der Waals surface area contributed by atoms with Crippen molar-refractivity contribution in [1.82, 2.24) is 24.0 Å². The number of imidazole rings is 1. The summed E-state index contributed by atoms with van der Waals surface area (Å²) in [5.74, 6) is -0.103. The lowest BCUT2D eigenvalue weighted by molar-refractivity contribution is -0.125. The summed E-state index contributed by atoms with van der Waals surface area (Å²) in [6.07, 6.45) is 4.87. The molecule has 0 fully saturated rings. The highest BCUT2D eigenvalue weighted by atomic mass is 16.2. The van der Waals surface area contributed by atoms with Crippen molar-refractivity contribution in [3.05, 3.63) is 70.4 Å². The third-order valence-electron chi connectivity index (χ3n) is 5.02. The van der Waals surface area contributed by atoms with Crippen molar-refractivity contribution in [2.45, 2.75) is 6.54 Å². The number of H-pyrrole nitrogens is 1. The van der Waals surface area contributed by atoms with Crippen LogP contribution in [0.4, 0.5) is 0 Å². The van der Waals surface area contributed by atoms with Crippen LogP contribution in [0.5, 0.6) is 0 Å². The number of likely N-dealkylation sites (N-methyl/N-ethyl adjacent to an activating group) is 1. The van der Waals surface area contributed by atoms with Gasteiger partial charge in [0.05, 0.1) is 12.1 Å². The lowest BCUT2D eigenvalue weighted by atomic mass is 10.2. The lowest BCUT2D eigenvalue weighted by Crippen LogP contribution is -2.25. The van der Waals surface area contributed by atoms with Crippen LogP contribution in [-0.2, 0) is 25.4 Å². The van der Waals surface area contributed by atoms with Gasteiger partial charge >= 0.3 is 5.69 Å². The van der Waals surface area contributed by atoms with Gasteiger partial charge in [0, 0.05) is 44.6 Å². The monoisotopic (exact) mass is 375 g/mol. The minimum absolute atomic E-state index is 0.103. The van der Waals surface area contributed by atoms with Crippen molar-refractivity contribution in [1.29, 1.82) is 0 Å². The zero-order valence-electron chi connectivity index (χ0n) is 16.0. The van der Waals surface area contributed by atoms with Crippen LogP contribution in [0, 0.1) is 0 Å². The van der Waals surface area contributed by atoms with Gasteiger partial charge in [0.25, 0.3) is 0 Å². The maximum Gasteiger partial charge on any atom is 0.327 e. The maximum atomic E-state index is 12.5. The van der Waals surface area contributed by atoms with Crippen LogP contribution < -0.4 is 5.69 Å². The number of nitrogens with zero attached hydrogens (tertiary/aromatic N) is 4. The molecular formula is C21H21N5O2. The highest BCUT2D eigenvalue weighted by Gasteiger charge is 2.11. The fourth-order valence-electron chi connectivity index (χ4n) is 3.32. The molecular weight excluding hydrogens is 354 g/mol. The molecule has 0 aliphatic carbocycles. The molecule has 142 valence electrons. The Morgan fingerprint density at radius 3 is 2.75 bits per heavy atom. The van der Waals surface area contributed by atoms with E-state index in [-0.39, 0.29) is 11.6 Å². The average molecular weight is 375 g/mol. The number of carbonyl (C=O) groups excluding carboxylic acids is 1. The molecule has 0 spiro atoms. The van der Waals surface area contributed by atoms with Gasteiger partial charge in [-0.25, -0.2) is 9.78 Å². The second-order valence-corrected chi connectivity index (χ2v) is 6.91. The van der Waals surface area contributed by atoms with Crippen LogP contribution in [0.1, 0.15) is 11.3 Å². The summed E-state index contributed by atoms with van der Waals surface area (Å²) in [7, 11) is 5.47. The first-order chi connectivity index (χ1) is 13.4. The van der Waals surface area contributed by atoms with E-state index in [9.17, 15) is 9.59 Å². The molecule has 1 aromatic carbocycles. The Kier molecular flexibility index (Phi) is 4.35. The lowest BCUT2D eigenvalue weighted by Gasteiger charge is -2.15. The van der Waals surface area contributed by atoms with E-state index in [0.717, 1.165) is 22.2 Å². The maximum absolute atomic E-state index is 12.5. The van der Waals surface area contributed by atoms with E-state index in [0.29, 0.717) is 17.7 Å². The normalized spacial score (nSPS) is 11.7. The topological polar surface area (TPSA) is 75.9 Å². The number of aryl methyl sites for hydroxylation is 2.